The van der Waals surface area contributed by atoms with Crippen molar-refractivity contribution in [3.63, 3.8) is 0 Å². The number of hydrogen-bond donors (Lipinski definition) is 0. The molecule has 2 aliphatic carbocycles. The second-order valence-electron chi connectivity index (χ2n) is 20.0. The van der Waals surface area contributed by atoms with Crippen molar-refractivity contribution >= 4 is 55.9 Å². The van der Waals surface area contributed by atoms with Gasteiger partial charge in [-0.3, -0.25) is 0 Å². The van der Waals surface area contributed by atoms with E-state index in [0.717, 1.165) is 67.6 Å². The van der Waals surface area contributed by atoms with Crippen LogP contribution in [0, 0.1) is 0 Å². The first kappa shape index (κ1) is 43.6. The molecule has 0 fully saturated rings. The zero-order valence-corrected chi connectivity index (χ0v) is 41.6. The number of benzene rings is 12. The number of nitrogens with zero attached hydrogens (tertiary/aromatic N) is 3. The maximum absolute atomic E-state index is 2.47. The lowest BCUT2D eigenvalue weighted by Crippen LogP contribution is -2.25. The van der Waals surface area contributed by atoms with E-state index >= 15 is 0 Å². The summed E-state index contributed by atoms with van der Waals surface area (Å²) in [6.45, 7) is 0. The van der Waals surface area contributed by atoms with Gasteiger partial charge in [-0.15, -0.1) is 0 Å². The number of hydrogen-bond acceptors (Lipinski definition) is 2. The van der Waals surface area contributed by atoms with E-state index in [-0.39, 0.29) is 0 Å². The molecule has 76 heavy (non-hydrogen) atoms. The quantitative estimate of drug-likeness (QED) is 0.143. The summed E-state index contributed by atoms with van der Waals surface area (Å²) in [5.41, 5.74) is 24.5. The summed E-state index contributed by atoms with van der Waals surface area (Å²) in [5.74, 6) is 0. The molecule has 0 amide bonds. The predicted octanol–water partition coefficient (Wildman–Crippen LogP) is 19.4. The van der Waals surface area contributed by atoms with E-state index < -0.39 is 5.41 Å². The summed E-state index contributed by atoms with van der Waals surface area (Å²) in [6, 6.07) is 109. The van der Waals surface area contributed by atoms with Crippen LogP contribution >= 0.6 is 0 Å². The zero-order chi connectivity index (χ0) is 50.2. The first-order valence-electron chi connectivity index (χ1n) is 26.3. The monoisotopic (exact) mass is 967 g/mol. The van der Waals surface area contributed by atoms with Gasteiger partial charge in [0.05, 0.1) is 22.1 Å². The Morgan fingerprint density at radius 3 is 1.38 bits per heavy atom. The Kier molecular flexibility index (Phi) is 10.1. The SMILES string of the molecule is c1ccc(-c2cc(N(c3ccccc3)c3ccc4c(c3)c3c5c(ccc3n4-c3ccccc3)C3(c4ccccc4-c4ccccc43)c3ccccc3-5)cc(N(c3ccccc3)c3ccccc3-c3ccccc3)c2)cc1. The Labute approximate surface area is 443 Å². The zero-order valence-electron chi connectivity index (χ0n) is 41.6. The first-order chi connectivity index (χ1) is 37.7. The van der Waals surface area contributed by atoms with Crippen molar-refractivity contribution in [3.05, 3.63) is 320 Å². The van der Waals surface area contributed by atoms with E-state index in [1.54, 1.807) is 0 Å². The molecule has 0 saturated heterocycles. The molecule has 15 rings (SSSR count). The molecule has 0 radical (unpaired) electrons. The molecule has 0 bridgehead atoms. The molecule has 2 aliphatic rings. The van der Waals surface area contributed by atoms with Gasteiger partial charge in [-0.25, -0.2) is 0 Å². The maximum Gasteiger partial charge on any atom is 0.0725 e. The fourth-order valence-electron chi connectivity index (χ4n) is 12.9. The Hall–Kier alpha value is -9.96. The first-order valence-corrected chi connectivity index (χ1v) is 26.3. The third-order valence-electron chi connectivity index (χ3n) is 15.9. The normalized spacial score (nSPS) is 12.6. The maximum atomic E-state index is 2.47. The molecule has 356 valence electrons. The van der Waals surface area contributed by atoms with Gasteiger partial charge in [0.15, 0.2) is 0 Å². The van der Waals surface area contributed by atoms with Crippen LogP contribution in [0.1, 0.15) is 22.3 Å². The molecule has 1 aromatic heterocycles. The molecule has 0 atom stereocenters. The van der Waals surface area contributed by atoms with E-state index in [1.165, 1.54) is 60.8 Å². The Balaban J connectivity index is 1.02. The van der Waals surface area contributed by atoms with Crippen molar-refractivity contribution in [3.8, 4) is 50.2 Å². The van der Waals surface area contributed by atoms with E-state index in [4.69, 9.17) is 0 Å². The van der Waals surface area contributed by atoms with Gasteiger partial charge in [-0.05, 0) is 146 Å². The minimum absolute atomic E-state index is 0.472. The smallest absolute Gasteiger partial charge is 0.0725 e. The molecule has 12 aromatic carbocycles. The predicted molar refractivity (Wildman–Crippen MR) is 317 cm³/mol. The minimum Gasteiger partial charge on any atom is -0.310 e. The van der Waals surface area contributed by atoms with E-state index in [2.05, 4.69) is 312 Å². The van der Waals surface area contributed by atoms with E-state index in [0.29, 0.717) is 0 Å². The van der Waals surface area contributed by atoms with Crippen molar-refractivity contribution in [1.82, 2.24) is 4.57 Å². The van der Waals surface area contributed by atoms with Gasteiger partial charge < -0.3 is 14.4 Å². The van der Waals surface area contributed by atoms with E-state index in [1.807, 2.05) is 0 Å². The minimum atomic E-state index is -0.472. The summed E-state index contributed by atoms with van der Waals surface area (Å²) < 4.78 is 2.47. The summed E-state index contributed by atoms with van der Waals surface area (Å²) in [4.78, 5) is 4.88. The van der Waals surface area contributed by atoms with Crippen LogP contribution in [0.15, 0.2) is 297 Å². The van der Waals surface area contributed by atoms with Crippen LogP contribution in [0.25, 0.3) is 72.0 Å². The third-order valence-corrected chi connectivity index (χ3v) is 15.9. The number of para-hydroxylation sites is 4. The number of anilines is 6. The third kappa shape index (κ3) is 6.62. The number of fused-ring (bicyclic) bond motifs is 14. The van der Waals surface area contributed by atoms with Crippen LogP contribution in [0.2, 0.25) is 0 Å². The summed E-state index contributed by atoms with van der Waals surface area (Å²) in [7, 11) is 0. The van der Waals surface area contributed by atoms with Crippen LogP contribution in [0.5, 0.6) is 0 Å². The Morgan fingerprint density at radius 1 is 0.276 bits per heavy atom. The van der Waals surface area contributed by atoms with Gasteiger partial charge in [0.2, 0.25) is 0 Å². The van der Waals surface area contributed by atoms with Gasteiger partial charge in [0, 0.05) is 50.5 Å². The highest BCUT2D eigenvalue weighted by atomic mass is 15.2. The average Bonchev–Trinajstić information content (AvgIpc) is 4.30. The lowest BCUT2D eigenvalue weighted by atomic mass is 9.70. The van der Waals surface area contributed by atoms with Crippen molar-refractivity contribution in [2.24, 2.45) is 0 Å². The molecule has 0 aliphatic heterocycles. The van der Waals surface area contributed by atoms with Crippen molar-refractivity contribution in [2.75, 3.05) is 9.80 Å². The molecule has 0 saturated carbocycles. The second kappa shape index (κ2) is 17.6. The highest BCUT2D eigenvalue weighted by Gasteiger charge is 2.52. The highest BCUT2D eigenvalue weighted by molar-refractivity contribution is 6.19. The highest BCUT2D eigenvalue weighted by Crippen LogP contribution is 2.64. The van der Waals surface area contributed by atoms with E-state index in [9.17, 15) is 0 Å². The summed E-state index contributed by atoms with van der Waals surface area (Å²) in [6.07, 6.45) is 0. The van der Waals surface area contributed by atoms with Crippen molar-refractivity contribution in [1.29, 1.82) is 0 Å². The Bertz CT molecular complexity index is 4290. The molecule has 13 aromatic rings. The van der Waals surface area contributed by atoms with Crippen LogP contribution < -0.4 is 9.80 Å². The molecule has 0 unspecified atom stereocenters. The van der Waals surface area contributed by atoms with Crippen molar-refractivity contribution < 1.29 is 0 Å². The fraction of sp³-hybridized carbons (Fsp3) is 0.0137. The van der Waals surface area contributed by atoms with Crippen LogP contribution in [-0.4, -0.2) is 4.57 Å². The van der Waals surface area contributed by atoms with Gasteiger partial charge in [0.25, 0.3) is 0 Å². The summed E-state index contributed by atoms with van der Waals surface area (Å²) in [5, 5.41) is 2.45. The molecule has 1 spiro atoms. The second-order valence-corrected chi connectivity index (χ2v) is 20.0. The number of aromatic nitrogens is 1. The van der Waals surface area contributed by atoms with Crippen LogP contribution in [0.3, 0.4) is 0 Å². The topological polar surface area (TPSA) is 11.4 Å². The number of rotatable bonds is 9. The van der Waals surface area contributed by atoms with Gasteiger partial charge >= 0.3 is 0 Å². The largest absolute Gasteiger partial charge is 0.310 e. The molecule has 3 heteroatoms. The van der Waals surface area contributed by atoms with Gasteiger partial charge in [0.1, 0.15) is 0 Å². The molecule has 3 nitrogen and oxygen atoms in total. The lowest BCUT2D eigenvalue weighted by molar-refractivity contribution is 0.794. The standard InChI is InChI=1S/C73H49N3/c1-6-24-50(25-7-1)52-46-57(48-58(47-52)75(54-30-12-4-13-31-54)68-41-23-19-34-59(68)51-26-8-2-9-27-51)74(53-28-10-3-11-29-53)56-42-44-69-63(49-56)72-70(76(69)55-32-14-5-15-33-55)45-43-67-71(72)62-37-18-22-40-66(62)73(67)64-38-20-16-35-60(64)61-36-17-21-39-65(61)73/h1-49H. The fourth-order valence-corrected chi connectivity index (χ4v) is 12.9. The Morgan fingerprint density at radius 2 is 0.750 bits per heavy atom. The van der Waals surface area contributed by atoms with Gasteiger partial charge in [-0.1, -0.05) is 212 Å². The molecule has 1 heterocycles. The molecular formula is C73H49N3. The molecule has 0 N–H and O–H groups in total. The van der Waals surface area contributed by atoms with Crippen LogP contribution in [0.4, 0.5) is 34.1 Å². The lowest BCUT2D eigenvalue weighted by Gasteiger charge is -2.31. The molecular weight excluding hydrogens is 919 g/mol. The van der Waals surface area contributed by atoms with Crippen molar-refractivity contribution in [2.45, 2.75) is 5.41 Å². The van der Waals surface area contributed by atoms with Gasteiger partial charge in [-0.2, -0.15) is 0 Å². The van der Waals surface area contributed by atoms with Crippen LogP contribution in [-0.2, 0) is 5.41 Å². The average molecular weight is 968 g/mol. The summed E-state index contributed by atoms with van der Waals surface area (Å²) >= 11 is 0.